The molecule has 524 valence electrons. The van der Waals surface area contributed by atoms with Gasteiger partial charge in [0.15, 0.2) is 5.96 Å². The first-order valence-electron chi connectivity index (χ1n) is 32.2. The Morgan fingerprint density at radius 1 is 0.537 bits per heavy atom. The Kier molecular flexibility index (Phi) is 33.9. The topological polar surface area (TPSA) is 519 Å². The van der Waals surface area contributed by atoms with Crippen molar-refractivity contribution < 1.29 is 62.3 Å². The van der Waals surface area contributed by atoms with Gasteiger partial charge in [0.1, 0.15) is 54.4 Å². The van der Waals surface area contributed by atoms with Crippen LogP contribution in [0.2, 0.25) is 0 Å². The van der Waals surface area contributed by atoms with Crippen LogP contribution in [0.25, 0.3) is 0 Å². The smallest absolute Gasteiger partial charge is 0.245 e. The van der Waals surface area contributed by atoms with Gasteiger partial charge in [-0.05, 0) is 119 Å². The van der Waals surface area contributed by atoms with Crippen LogP contribution in [0.3, 0.4) is 0 Å². The molecule has 0 radical (unpaired) electrons. The number of nitrogens with two attached hydrogens (primary N) is 7. The van der Waals surface area contributed by atoms with Gasteiger partial charge in [0.2, 0.25) is 76.8 Å². The number of carbonyl (C=O) groups is 13. The summed E-state index contributed by atoms with van der Waals surface area (Å²) in [5.41, 5.74) is 40.6. The van der Waals surface area contributed by atoms with Crippen LogP contribution in [0.4, 0.5) is 0 Å². The Labute approximate surface area is 558 Å². The van der Waals surface area contributed by atoms with Crippen LogP contribution in [0.15, 0.2) is 65.7 Å². The lowest BCUT2D eigenvalue weighted by atomic mass is 10.0. The summed E-state index contributed by atoms with van der Waals surface area (Å²) < 4.78 is 0. The number of hydrogen-bond acceptors (Lipinski definition) is 17. The van der Waals surface area contributed by atoms with Gasteiger partial charge in [-0.1, -0.05) is 74.5 Å². The summed E-state index contributed by atoms with van der Waals surface area (Å²) in [7, 11) is 0. The van der Waals surface area contributed by atoms with E-state index in [1.54, 1.807) is 60.7 Å². The summed E-state index contributed by atoms with van der Waals surface area (Å²) in [6.07, 6.45) is 3.12. The van der Waals surface area contributed by atoms with Crippen LogP contribution in [0, 0.1) is 5.92 Å². The summed E-state index contributed by atoms with van der Waals surface area (Å²) in [4.78, 5) is 185. The lowest BCUT2D eigenvalue weighted by Gasteiger charge is -2.32. The fourth-order valence-electron chi connectivity index (χ4n) is 11.0. The average molecular weight is 1350 g/mol. The maximum atomic E-state index is 14.7. The molecule has 0 spiro atoms. The van der Waals surface area contributed by atoms with Crippen molar-refractivity contribution in [3.63, 3.8) is 0 Å². The van der Waals surface area contributed by atoms with Crippen LogP contribution in [-0.4, -0.2) is 198 Å². The molecule has 0 bridgehead atoms. The number of hydrogen-bond donors (Lipinski definition) is 15. The molecule has 2 aromatic carbocycles. The number of likely N-dealkylation sites (tertiary alicyclic amines) is 2. The van der Waals surface area contributed by atoms with Crippen molar-refractivity contribution in [2.75, 3.05) is 44.7 Å². The average Bonchev–Trinajstić information content (AvgIpc) is 1.74. The van der Waals surface area contributed by atoms with Gasteiger partial charge in [0, 0.05) is 45.3 Å². The highest BCUT2D eigenvalue weighted by molar-refractivity contribution is 7.98. The van der Waals surface area contributed by atoms with Gasteiger partial charge in [0.25, 0.3) is 0 Å². The second-order valence-corrected chi connectivity index (χ2v) is 25.1. The highest BCUT2D eigenvalue weighted by Gasteiger charge is 2.42. The van der Waals surface area contributed by atoms with Gasteiger partial charge in [-0.3, -0.25) is 67.3 Å². The molecule has 2 aliphatic heterocycles. The second-order valence-electron chi connectivity index (χ2n) is 24.1. The van der Waals surface area contributed by atoms with Crippen LogP contribution in [-0.2, 0) is 75.2 Å². The maximum Gasteiger partial charge on any atom is 0.245 e. The zero-order chi connectivity index (χ0) is 70.1. The van der Waals surface area contributed by atoms with Crippen LogP contribution >= 0.6 is 11.8 Å². The van der Waals surface area contributed by atoms with E-state index in [9.17, 15) is 62.3 Å². The van der Waals surface area contributed by atoms with E-state index in [1.165, 1.54) is 21.6 Å². The Bertz CT molecular complexity index is 2960. The highest BCUT2D eigenvalue weighted by Crippen LogP contribution is 2.24. The zero-order valence-corrected chi connectivity index (χ0v) is 55.3. The van der Waals surface area contributed by atoms with E-state index in [4.69, 9.17) is 40.1 Å². The number of thioether (sulfide) groups is 1. The lowest BCUT2D eigenvalue weighted by Crippen LogP contribution is -2.60. The summed E-state index contributed by atoms with van der Waals surface area (Å²) in [5.74, 6) is -9.80. The third-order valence-corrected chi connectivity index (χ3v) is 16.7. The minimum atomic E-state index is -1.64. The van der Waals surface area contributed by atoms with Gasteiger partial charge in [0.05, 0.1) is 12.6 Å². The predicted octanol–water partition coefficient (Wildman–Crippen LogP) is -3.71. The number of carbonyl (C=O) groups excluding carboxylic acids is 13. The molecule has 2 heterocycles. The summed E-state index contributed by atoms with van der Waals surface area (Å²) in [6.45, 7) is 3.86. The summed E-state index contributed by atoms with van der Waals surface area (Å²) in [5, 5.41) is 21.1. The molecular weight excluding hydrogens is 1250 g/mol. The Morgan fingerprint density at radius 3 is 1.51 bits per heavy atom. The van der Waals surface area contributed by atoms with Crippen molar-refractivity contribution in [1.29, 1.82) is 0 Å². The molecule has 95 heavy (non-hydrogen) atoms. The van der Waals surface area contributed by atoms with E-state index in [2.05, 4.69) is 47.5 Å². The molecule has 10 atom stereocenters. The number of guanidine groups is 1. The SMILES string of the molecule is CSCC[C@H](NC(=O)[C@@H](CC(C)C)NC(=O)CNC(=O)[C@H](Cc1ccccc1)NC(=O)[C@@H](Cc1ccccc1)NC(=O)[C@@H](CCC(N)=O)NC(=O)[C@@H](CCC(N)=O)NC(=O)[C@H]1CCCN1C(=O)[C@@H](CCCCN)NC(=O)[C@@H]1CCCN1C(=O)[C@H](N)CCCN=C(N)N)C(N)=O. The third-order valence-electron chi connectivity index (χ3n) is 16.0. The Hall–Kier alpha value is -8.91. The molecule has 13 amide bonds. The first-order valence-corrected chi connectivity index (χ1v) is 33.6. The third kappa shape index (κ3) is 27.5. The number of benzene rings is 2. The second kappa shape index (κ2) is 41.0. The van der Waals surface area contributed by atoms with Crippen LogP contribution in [0.5, 0.6) is 0 Å². The van der Waals surface area contributed by atoms with Crippen molar-refractivity contribution in [2.45, 2.75) is 183 Å². The molecule has 2 fully saturated rings. The number of amides is 13. The highest BCUT2D eigenvalue weighted by atomic mass is 32.2. The van der Waals surface area contributed by atoms with Crippen molar-refractivity contribution in [1.82, 2.24) is 52.3 Å². The number of unbranched alkanes of at least 4 members (excludes halogenated alkanes) is 1. The zero-order valence-electron chi connectivity index (χ0n) is 54.5. The normalized spacial score (nSPS) is 16.8. The minimum Gasteiger partial charge on any atom is -0.370 e. The Morgan fingerprint density at radius 2 is 1.01 bits per heavy atom. The molecule has 0 aliphatic carbocycles. The van der Waals surface area contributed by atoms with Crippen LogP contribution in [0.1, 0.15) is 121 Å². The molecule has 31 nitrogen and oxygen atoms in total. The molecular formula is C63H98N18O13S. The van der Waals surface area contributed by atoms with Gasteiger partial charge >= 0.3 is 0 Å². The standard InChI is InChI=1S/C63H98N18O13S/c1-37(2)33-45(57(89)74-41(53(68)85)27-32-95-3)73-52(84)36-72-54(86)46(34-38-15-6-4-7-16-38)78-58(90)47(35-39-17-8-5-9-18-39)79-56(88)42(23-25-50(66)82)75-55(87)43(24-26-51(67)83)76-59(91)49-22-14-31-81(49)62(94)44(20-10-11-28-64)77-60(92)48-21-13-30-80(48)61(93)40(65)19-12-29-71-63(69)70/h4-9,15-18,37,40-49H,10-14,19-36,64-65H2,1-3H3,(H2,66,82)(H2,67,83)(H2,68,85)(H,72,86)(H,73,84)(H,74,89)(H,75,87)(H,76,91)(H,77,92)(H,78,90)(H,79,88)(H4,69,70,71)/t40-,41+,42-,43-,44-,45-,46+,47-,48+,49-/m1/s1. The maximum absolute atomic E-state index is 14.7. The predicted molar refractivity (Wildman–Crippen MR) is 356 cm³/mol. The van der Waals surface area contributed by atoms with Crippen molar-refractivity contribution >= 4 is 94.5 Å². The van der Waals surface area contributed by atoms with Gasteiger partial charge in [-0.25, -0.2) is 0 Å². The fourth-order valence-corrected chi connectivity index (χ4v) is 11.5. The van der Waals surface area contributed by atoms with Crippen molar-refractivity contribution in [3.8, 4) is 0 Å². The number of rotatable bonds is 42. The molecule has 0 unspecified atom stereocenters. The monoisotopic (exact) mass is 1350 g/mol. The summed E-state index contributed by atoms with van der Waals surface area (Å²) >= 11 is 1.45. The molecule has 2 saturated heterocycles. The molecule has 4 rings (SSSR count). The number of nitrogens with one attached hydrogen (secondary N) is 8. The number of aliphatic imine (C=N–C) groups is 1. The van der Waals surface area contributed by atoms with E-state index in [-0.39, 0.29) is 83.0 Å². The molecule has 32 heteroatoms. The Balaban J connectivity index is 1.56. The van der Waals surface area contributed by atoms with E-state index in [1.807, 2.05) is 20.1 Å². The summed E-state index contributed by atoms with van der Waals surface area (Å²) in [6, 6.07) is 4.51. The molecule has 0 saturated carbocycles. The van der Waals surface area contributed by atoms with E-state index in [0.717, 1.165) is 0 Å². The van der Waals surface area contributed by atoms with E-state index in [0.29, 0.717) is 55.4 Å². The molecule has 22 N–H and O–H groups in total. The van der Waals surface area contributed by atoms with E-state index < -0.39 is 169 Å². The van der Waals surface area contributed by atoms with Crippen LogP contribution < -0.4 is 82.7 Å². The fraction of sp³-hybridized carbons (Fsp3) is 0.587. The van der Waals surface area contributed by atoms with Gasteiger partial charge in [-0.2, -0.15) is 11.8 Å². The van der Waals surface area contributed by atoms with Crippen molar-refractivity contribution in [2.24, 2.45) is 51.0 Å². The molecule has 0 aromatic heterocycles. The number of nitrogens with zero attached hydrogens (tertiary/aromatic N) is 3. The first-order chi connectivity index (χ1) is 45.2. The molecule has 2 aliphatic rings. The quantitative estimate of drug-likeness (QED) is 0.0173. The van der Waals surface area contributed by atoms with E-state index >= 15 is 0 Å². The number of primary amides is 3. The van der Waals surface area contributed by atoms with Gasteiger partial charge in [-0.15, -0.1) is 0 Å². The largest absolute Gasteiger partial charge is 0.370 e. The van der Waals surface area contributed by atoms with Gasteiger partial charge < -0.3 is 92.5 Å². The first kappa shape index (κ1) is 78.5. The lowest BCUT2D eigenvalue weighted by molar-refractivity contribution is -0.144. The van der Waals surface area contributed by atoms with Crippen molar-refractivity contribution in [3.05, 3.63) is 71.8 Å². The molecule has 2 aromatic rings. The minimum absolute atomic E-state index is 0.0736.